The average molecular weight is 265 g/mol. The van der Waals surface area contributed by atoms with Crippen LogP contribution in [0.4, 0.5) is 10.1 Å². The van der Waals surface area contributed by atoms with E-state index in [0.717, 1.165) is 26.0 Å². The zero-order valence-corrected chi connectivity index (χ0v) is 11.2. The summed E-state index contributed by atoms with van der Waals surface area (Å²) >= 11 is 0. The molecule has 1 aromatic rings. The lowest BCUT2D eigenvalue weighted by atomic mass is 10.1. The van der Waals surface area contributed by atoms with Crippen LogP contribution in [0, 0.1) is 11.2 Å². The molecule has 1 fully saturated rings. The Kier molecular flexibility index (Phi) is 4.37. The van der Waals surface area contributed by atoms with Gasteiger partial charge in [-0.25, -0.2) is 4.39 Å². The van der Waals surface area contributed by atoms with Crippen LogP contribution in [0.1, 0.15) is 25.3 Å². The summed E-state index contributed by atoms with van der Waals surface area (Å²) in [6.45, 7) is 4.21. The summed E-state index contributed by atoms with van der Waals surface area (Å²) in [7, 11) is 0. The summed E-state index contributed by atoms with van der Waals surface area (Å²) < 4.78 is 19.7. The molecule has 0 saturated carbocycles. The number of nitrogens with one attached hydrogen (secondary N) is 1. The number of benzene rings is 1. The molecule has 0 amide bonds. The number of nitrogens with zero attached hydrogens (tertiary/aromatic N) is 1. The molecule has 1 atom stereocenters. The van der Waals surface area contributed by atoms with Crippen LogP contribution >= 0.6 is 0 Å². The van der Waals surface area contributed by atoms with Gasteiger partial charge in [0.05, 0.1) is 11.8 Å². The van der Waals surface area contributed by atoms with Crippen molar-refractivity contribution in [1.82, 2.24) is 0 Å². The van der Waals surface area contributed by atoms with Crippen molar-refractivity contribution >= 4 is 11.5 Å². The molecule has 104 valence electrons. The van der Waals surface area contributed by atoms with Gasteiger partial charge in [0.25, 0.3) is 0 Å². The third-order valence-electron chi connectivity index (χ3n) is 3.43. The zero-order valence-electron chi connectivity index (χ0n) is 11.2. The van der Waals surface area contributed by atoms with Crippen LogP contribution in [-0.4, -0.2) is 31.6 Å². The van der Waals surface area contributed by atoms with Crippen molar-refractivity contribution in [2.24, 2.45) is 5.73 Å². The quantitative estimate of drug-likeness (QED) is 0.633. The van der Waals surface area contributed by atoms with Gasteiger partial charge >= 0.3 is 0 Å². The number of amidine groups is 1. The van der Waals surface area contributed by atoms with Gasteiger partial charge < -0.3 is 15.4 Å². The first-order valence-corrected chi connectivity index (χ1v) is 6.62. The Labute approximate surface area is 112 Å². The molecule has 1 unspecified atom stereocenters. The molecule has 5 heteroatoms. The van der Waals surface area contributed by atoms with E-state index in [1.807, 2.05) is 11.8 Å². The maximum absolute atomic E-state index is 14.1. The van der Waals surface area contributed by atoms with Crippen molar-refractivity contribution in [1.29, 1.82) is 5.41 Å². The molecular formula is C14H20FN3O. The Hall–Kier alpha value is -1.62. The summed E-state index contributed by atoms with van der Waals surface area (Å²) in [6, 6.07) is 4.68. The van der Waals surface area contributed by atoms with E-state index in [4.69, 9.17) is 15.9 Å². The van der Waals surface area contributed by atoms with Crippen LogP contribution in [0.25, 0.3) is 0 Å². The molecule has 1 aromatic carbocycles. The Morgan fingerprint density at radius 1 is 1.58 bits per heavy atom. The minimum atomic E-state index is -0.340. The summed E-state index contributed by atoms with van der Waals surface area (Å²) in [6.07, 6.45) is 2.30. The first-order chi connectivity index (χ1) is 9.11. The molecule has 4 nitrogen and oxygen atoms in total. The van der Waals surface area contributed by atoms with Crippen LogP contribution in [0.3, 0.4) is 0 Å². The van der Waals surface area contributed by atoms with Crippen molar-refractivity contribution in [2.45, 2.75) is 25.9 Å². The van der Waals surface area contributed by atoms with Gasteiger partial charge in [0.1, 0.15) is 11.7 Å². The second-order valence-electron chi connectivity index (χ2n) is 4.75. The lowest BCUT2D eigenvalue weighted by Crippen LogP contribution is -2.32. The van der Waals surface area contributed by atoms with Crippen molar-refractivity contribution in [3.8, 4) is 0 Å². The number of nitrogens with two attached hydrogens (primary N) is 1. The Bertz CT molecular complexity index is 458. The second kappa shape index (κ2) is 6.02. The van der Waals surface area contributed by atoms with Gasteiger partial charge in [-0.15, -0.1) is 0 Å². The highest BCUT2D eigenvalue weighted by Crippen LogP contribution is 2.23. The Morgan fingerprint density at radius 2 is 2.37 bits per heavy atom. The van der Waals surface area contributed by atoms with E-state index in [-0.39, 0.29) is 17.8 Å². The largest absolute Gasteiger partial charge is 0.384 e. The van der Waals surface area contributed by atoms with Crippen molar-refractivity contribution in [2.75, 3.05) is 24.6 Å². The molecule has 19 heavy (non-hydrogen) atoms. The fraction of sp³-hybridized carbons (Fsp3) is 0.500. The van der Waals surface area contributed by atoms with Crippen LogP contribution < -0.4 is 10.6 Å². The Balaban J connectivity index is 2.15. The minimum absolute atomic E-state index is 0.118. The van der Waals surface area contributed by atoms with Gasteiger partial charge in [-0.2, -0.15) is 0 Å². The van der Waals surface area contributed by atoms with E-state index in [2.05, 4.69) is 0 Å². The first kappa shape index (κ1) is 13.8. The number of halogens is 1. The summed E-state index contributed by atoms with van der Waals surface area (Å²) in [5.41, 5.74) is 6.31. The highest BCUT2D eigenvalue weighted by atomic mass is 19.1. The molecule has 2 rings (SSSR count). The third kappa shape index (κ3) is 3.23. The predicted molar refractivity (Wildman–Crippen MR) is 74.3 cm³/mol. The van der Waals surface area contributed by atoms with E-state index in [0.29, 0.717) is 17.8 Å². The summed E-state index contributed by atoms with van der Waals surface area (Å²) in [4.78, 5) is 1.97. The molecular weight excluding hydrogens is 245 g/mol. The van der Waals surface area contributed by atoms with Crippen molar-refractivity contribution < 1.29 is 9.13 Å². The smallest absolute Gasteiger partial charge is 0.147 e. The molecule has 0 bridgehead atoms. The normalized spacial score (nSPS) is 18.5. The van der Waals surface area contributed by atoms with Gasteiger partial charge in [0.15, 0.2) is 0 Å². The summed E-state index contributed by atoms with van der Waals surface area (Å²) in [5, 5.41) is 7.31. The Morgan fingerprint density at radius 3 is 2.89 bits per heavy atom. The molecule has 0 aliphatic carbocycles. The van der Waals surface area contributed by atoms with E-state index < -0.39 is 0 Å². The van der Waals surface area contributed by atoms with Crippen LogP contribution in [-0.2, 0) is 4.74 Å². The number of nitrogen functional groups attached to an aromatic ring is 1. The zero-order chi connectivity index (χ0) is 13.8. The number of rotatable bonds is 5. The molecule has 0 aromatic heterocycles. The number of anilines is 1. The van der Waals surface area contributed by atoms with Crippen molar-refractivity contribution in [3.63, 3.8) is 0 Å². The lowest BCUT2D eigenvalue weighted by Gasteiger charge is -2.26. The number of likely N-dealkylation sites (N-methyl/N-ethyl adjacent to an activating group) is 1. The maximum atomic E-state index is 14.1. The molecule has 1 aliphatic heterocycles. The topological polar surface area (TPSA) is 62.3 Å². The van der Waals surface area contributed by atoms with E-state index >= 15 is 0 Å². The van der Waals surface area contributed by atoms with E-state index in [9.17, 15) is 4.39 Å². The molecule has 3 N–H and O–H groups in total. The standard InChI is InChI=1S/C14H20FN3O/c1-2-18(9-11-4-3-7-19-11)13-6-5-10(14(16)17)8-12(13)15/h5-6,8,11H,2-4,7,9H2,1H3,(H3,16,17). The fourth-order valence-corrected chi connectivity index (χ4v) is 2.36. The van der Waals surface area contributed by atoms with Crippen LogP contribution in [0.5, 0.6) is 0 Å². The average Bonchev–Trinajstić information content (AvgIpc) is 2.89. The van der Waals surface area contributed by atoms with Crippen LogP contribution in [0.2, 0.25) is 0 Å². The molecule has 0 spiro atoms. The predicted octanol–water partition coefficient (Wildman–Crippen LogP) is 2.12. The monoisotopic (exact) mass is 265 g/mol. The lowest BCUT2D eigenvalue weighted by molar-refractivity contribution is 0.115. The van der Waals surface area contributed by atoms with Crippen LogP contribution in [0.15, 0.2) is 18.2 Å². The number of ether oxygens (including phenoxy) is 1. The summed E-state index contributed by atoms with van der Waals surface area (Å²) in [5.74, 6) is -0.458. The van der Waals surface area contributed by atoms with Gasteiger partial charge in [-0.1, -0.05) is 0 Å². The fourth-order valence-electron chi connectivity index (χ4n) is 2.36. The number of hydrogen-bond donors (Lipinski definition) is 2. The highest BCUT2D eigenvalue weighted by molar-refractivity contribution is 5.95. The first-order valence-electron chi connectivity index (χ1n) is 6.62. The van der Waals surface area contributed by atoms with Crippen molar-refractivity contribution in [3.05, 3.63) is 29.6 Å². The highest BCUT2D eigenvalue weighted by Gasteiger charge is 2.20. The van der Waals surface area contributed by atoms with E-state index in [1.165, 1.54) is 6.07 Å². The van der Waals surface area contributed by atoms with E-state index in [1.54, 1.807) is 12.1 Å². The SMILES string of the molecule is CCN(CC1CCCO1)c1ccc(C(=N)N)cc1F. The van der Waals surface area contributed by atoms with Gasteiger partial charge in [0, 0.05) is 25.3 Å². The molecule has 1 heterocycles. The maximum Gasteiger partial charge on any atom is 0.147 e. The number of hydrogen-bond acceptors (Lipinski definition) is 3. The van der Waals surface area contributed by atoms with Gasteiger partial charge in [0.2, 0.25) is 0 Å². The third-order valence-corrected chi connectivity index (χ3v) is 3.43. The molecule has 1 aliphatic rings. The molecule has 0 radical (unpaired) electrons. The van der Waals surface area contributed by atoms with Gasteiger partial charge in [-0.05, 0) is 38.0 Å². The molecule has 1 saturated heterocycles. The second-order valence-corrected chi connectivity index (χ2v) is 4.75. The van der Waals surface area contributed by atoms with Gasteiger partial charge in [-0.3, -0.25) is 5.41 Å². The minimum Gasteiger partial charge on any atom is -0.384 e.